The van der Waals surface area contributed by atoms with Crippen molar-refractivity contribution in [1.29, 1.82) is 0 Å². The van der Waals surface area contributed by atoms with Crippen LogP contribution >= 0.6 is 0 Å². The van der Waals surface area contributed by atoms with Crippen molar-refractivity contribution >= 4 is 5.91 Å². The van der Waals surface area contributed by atoms with Crippen LogP contribution in [0.4, 0.5) is 0 Å². The fraction of sp³-hybridized carbons (Fsp3) is 0.450. The van der Waals surface area contributed by atoms with Gasteiger partial charge in [0.15, 0.2) is 0 Å². The van der Waals surface area contributed by atoms with Crippen LogP contribution in [0, 0.1) is 13.8 Å². The number of nitrogens with zero attached hydrogens (tertiary/aromatic N) is 2. The molecule has 1 aromatic heterocycles. The number of aromatic amines is 1. The van der Waals surface area contributed by atoms with Crippen molar-refractivity contribution in [2.75, 3.05) is 13.1 Å². The first-order valence-corrected chi connectivity index (χ1v) is 9.26. The summed E-state index contributed by atoms with van der Waals surface area (Å²) in [5.74, 6) is 0.701. The van der Waals surface area contributed by atoms with E-state index in [2.05, 4.69) is 20.2 Å². The maximum Gasteiger partial charge on any atom is 0.254 e. The fourth-order valence-electron chi connectivity index (χ4n) is 3.55. The van der Waals surface area contributed by atoms with Crippen LogP contribution in [0.5, 0.6) is 5.75 Å². The van der Waals surface area contributed by atoms with E-state index in [0.717, 1.165) is 38.0 Å². The summed E-state index contributed by atoms with van der Waals surface area (Å²) in [6.45, 7) is 6.03. The van der Waals surface area contributed by atoms with E-state index >= 15 is 0 Å². The van der Waals surface area contributed by atoms with Crippen molar-refractivity contribution in [3.8, 4) is 5.75 Å². The Balaban J connectivity index is 1.49. The van der Waals surface area contributed by atoms with Gasteiger partial charge in [0.05, 0.1) is 6.42 Å². The standard InChI is InChI=1S/C20H26N4O3/c1-13-18(20(27)22-14(2)21-13)11-19(26)23-16-6-8-24(9-7-16)12-15-4-3-5-17(25)10-15/h3-5,10,16,25H,6-9,11-12H2,1-2H3,(H,23,26)(H,21,22,27). The molecule has 0 spiro atoms. The van der Waals surface area contributed by atoms with E-state index in [1.54, 1.807) is 26.0 Å². The number of hydrogen-bond donors (Lipinski definition) is 3. The molecule has 0 bridgehead atoms. The molecule has 0 atom stereocenters. The topological polar surface area (TPSA) is 98.3 Å². The molecule has 3 N–H and O–H groups in total. The lowest BCUT2D eigenvalue weighted by molar-refractivity contribution is -0.121. The molecule has 1 aromatic carbocycles. The summed E-state index contributed by atoms with van der Waals surface area (Å²) in [6.07, 6.45) is 1.79. The summed E-state index contributed by atoms with van der Waals surface area (Å²) in [5, 5.41) is 12.6. The zero-order valence-corrected chi connectivity index (χ0v) is 15.8. The molecule has 0 unspecified atom stereocenters. The second-order valence-electron chi connectivity index (χ2n) is 7.18. The quantitative estimate of drug-likeness (QED) is 0.739. The third-order valence-corrected chi connectivity index (χ3v) is 4.95. The Morgan fingerprint density at radius 2 is 2.07 bits per heavy atom. The zero-order valence-electron chi connectivity index (χ0n) is 15.8. The number of phenols is 1. The first-order valence-electron chi connectivity index (χ1n) is 9.26. The van der Waals surface area contributed by atoms with Gasteiger partial charge in [0.25, 0.3) is 5.56 Å². The van der Waals surface area contributed by atoms with Crippen molar-refractivity contribution in [2.45, 2.75) is 45.7 Å². The molecule has 1 saturated heterocycles. The Hall–Kier alpha value is -2.67. The number of carbonyl (C=O) groups is 1. The third-order valence-electron chi connectivity index (χ3n) is 4.95. The number of benzene rings is 1. The van der Waals surface area contributed by atoms with Crippen molar-refractivity contribution < 1.29 is 9.90 Å². The summed E-state index contributed by atoms with van der Waals surface area (Å²) in [6, 6.07) is 7.42. The first kappa shape index (κ1) is 19.1. The molecule has 1 aliphatic rings. The number of piperidine rings is 1. The molecule has 3 rings (SSSR count). The normalized spacial score (nSPS) is 15.6. The summed E-state index contributed by atoms with van der Waals surface area (Å²) in [7, 11) is 0. The summed E-state index contributed by atoms with van der Waals surface area (Å²) in [4.78, 5) is 33.6. The van der Waals surface area contributed by atoms with Crippen LogP contribution in [0.2, 0.25) is 0 Å². The number of hydrogen-bond acceptors (Lipinski definition) is 5. The molecule has 27 heavy (non-hydrogen) atoms. The van der Waals surface area contributed by atoms with Gasteiger partial charge in [-0.05, 0) is 44.4 Å². The van der Waals surface area contributed by atoms with Crippen LogP contribution in [-0.2, 0) is 17.8 Å². The molecule has 7 nitrogen and oxygen atoms in total. The van der Waals surface area contributed by atoms with Gasteiger partial charge in [0.2, 0.25) is 5.91 Å². The lowest BCUT2D eigenvalue weighted by Crippen LogP contribution is -2.45. The van der Waals surface area contributed by atoms with Gasteiger partial charge >= 0.3 is 0 Å². The highest BCUT2D eigenvalue weighted by Gasteiger charge is 2.21. The van der Waals surface area contributed by atoms with Crippen LogP contribution in [0.3, 0.4) is 0 Å². The van der Waals surface area contributed by atoms with E-state index in [4.69, 9.17) is 0 Å². The van der Waals surface area contributed by atoms with Gasteiger partial charge in [-0.3, -0.25) is 14.5 Å². The van der Waals surface area contributed by atoms with Crippen molar-refractivity contribution in [3.05, 3.63) is 57.3 Å². The Labute approximate surface area is 158 Å². The molecule has 0 radical (unpaired) electrons. The minimum Gasteiger partial charge on any atom is -0.508 e. The summed E-state index contributed by atoms with van der Waals surface area (Å²) >= 11 is 0. The van der Waals surface area contributed by atoms with Crippen molar-refractivity contribution in [2.24, 2.45) is 0 Å². The second-order valence-corrected chi connectivity index (χ2v) is 7.18. The Bertz CT molecular complexity index is 870. The average molecular weight is 370 g/mol. The van der Waals surface area contributed by atoms with E-state index < -0.39 is 0 Å². The van der Waals surface area contributed by atoms with E-state index in [0.29, 0.717) is 17.1 Å². The smallest absolute Gasteiger partial charge is 0.254 e. The monoisotopic (exact) mass is 370 g/mol. The predicted molar refractivity (Wildman–Crippen MR) is 103 cm³/mol. The SMILES string of the molecule is Cc1nc(C)c(CC(=O)NC2CCN(Cc3cccc(O)c3)CC2)c(=O)[nH]1. The van der Waals surface area contributed by atoms with Gasteiger partial charge in [-0.25, -0.2) is 4.98 Å². The largest absolute Gasteiger partial charge is 0.508 e. The maximum absolute atomic E-state index is 12.3. The number of aromatic hydroxyl groups is 1. The van der Waals surface area contributed by atoms with E-state index in [1.807, 2.05) is 12.1 Å². The van der Waals surface area contributed by atoms with Gasteiger partial charge in [-0.2, -0.15) is 0 Å². The number of carbonyl (C=O) groups excluding carboxylic acids is 1. The minimum atomic E-state index is -0.240. The first-order chi connectivity index (χ1) is 12.9. The third kappa shape index (κ3) is 5.17. The molecular formula is C20H26N4O3. The fourth-order valence-corrected chi connectivity index (χ4v) is 3.55. The molecule has 1 aliphatic heterocycles. The summed E-state index contributed by atoms with van der Waals surface area (Å²) in [5.41, 5.74) is 1.88. The number of nitrogens with one attached hydrogen (secondary N) is 2. The minimum absolute atomic E-state index is 0.0535. The molecule has 7 heteroatoms. The van der Waals surface area contributed by atoms with Gasteiger partial charge in [0.1, 0.15) is 11.6 Å². The molecule has 1 fully saturated rings. The number of rotatable bonds is 5. The number of phenolic OH excluding ortho intramolecular Hbond substituents is 1. The molecule has 1 amide bonds. The van der Waals surface area contributed by atoms with Crippen molar-refractivity contribution in [1.82, 2.24) is 20.2 Å². The van der Waals surface area contributed by atoms with Gasteiger partial charge in [0, 0.05) is 36.9 Å². The highest BCUT2D eigenvalue weighted by Crippen LogP contribution is 2.17. The lowest BCUT2D eigenvalue weighted by Gasteiger charge is -2.32. The van der Waals surface area contributed by atoms with E-state index in [1.165, 1.54) is 0 Å². The van der Waals surface area contributed by atoms with Gasteiger partial charge < -0.3 is 15.4 Å². The Morgan fingerprint density at radius 1 is 1.33 bits per heavy atom. The highest BCUT2D eigenvalue weighted by molar-refractivity contribution is 5.79. The zero-order chi connectivity index (χ0) is 19.4. The molecule has 0 aliphatic carbocycles. The predicted octanol–water partition coefficient (Wildman–Crippen LogP) is 1.42. The highest BCUT2D eigenvalue weighted by atomic mass is 16.3. The number of H-pyrrole nitrogens is 1. The lowest BCUT2D eigenvalue weighted by atomic mass is 10.0. The molecule has 0 saturated carbocycles. The van der Waals surface area contributed by atoms with Crippen LogP contribution in [0.25, 0.3) is 0 Å². The number of aromatic nitrogens is 2. The van der Waals surface area contributed by atoms with Crippen LogP contribution < -0.4 is 10.9 Å². The number of aryl methyl sites for hydroxylation is 2. The summed E-state index contributed by atoms with van der Waals surface area (Å²) < 4.78 is 0. The van der Waals surface area contributed by atoms with E-state index in [-0.39, 0.29) is 29.7 Å². The molecule has 2 aromatic rings. The number of amides is 1. The molecular weight excluding hydrogens is 344 g/mol. The molecule has 144 valence electrons. The van der Waals surface area contributed by atoms with Gasteiger partial charge in [-0.15, -0.1) is 0 Å². The Kier molecular flexibility index (Phi) is 5.91. The van der Waals surface area contributed by atoms with Crippen LogP contribution in [0.1, 0.15) is 35.5 Å². The van der Waals surface area contributed by atoms with Crippen molar-refractivity contribution in [3.63, 3.8) is 0 Å². The average Bonchev–Trinajstić information content (AvgIpc) is 2.60. The Morgan fingerprint density at radius 3 is 2.74 bits per heavy atom. The second kappa shape index (κ2) is 8.35. The maximum atomic E-state index is 12.3. The number of likely N-dealkylation sites (tertiary alicyclic amines) is 1. The van der Waals surface area contributed by atoms with Gasteiger partial charge in [-0.1, -0.05) is 12.1 Å². The van der Waals surface area contributed by atoms with Crippen LogP contribution in [0.15, 0.2) is 29.1 Å². The van der Waals surface area contributed by atoms with Crippen LogP contribution in [-0.4, -0.2) is 45.0 Å². The molecule has 2 heterocycles. The van der Waals surface area contributed by atoms with E-state index in [9.17, 15) is 14.7 Å².